The number of hydrogen-bond acceptors (Lipinski definition) is 6. The number of nitrogens with two attached hydrogens (primary N) is 1. The number of amides is 1. The molecule has 3 rings (SSSR count). The zero-order valence-electron chi connectivity index (χ0n) is 15.2. The van der Waals surface area contributed by atoms with Crippen LogP contribution >= 0.6 is 0 Å². The second-order valence-electron chi connectivity index (χ2n) is 7.11. The molecule has 7 heteroatoms. The first-order chi connectivity index (χ1) is 12.1. The minimum Gasteiger partial charge on any atom is -0.481 e. The van der Waals surface area contributed by atoms with E-state index in [1.54, 1.807) is 19.4 Å². The Hall–Kier alpha value is -1.89. The normalized spacial score (nSPS) is 25.1. The first-order valence-electron chi connectivity index (χ1n) is 9.26. The number of carbonyl (C=O) groups is 1. The van der Waals surface area contributed by atoms with E-state index in [2.05, 4.69) is 26.7 Å². The van der Waals surface area contributed by atoms with Gasteiger partial charge in [0.15, 0.2) is 0 Å². The molecular formula is C18H29N5O2. The van der Waals surface area contributed by atoms with Gasteiger partial charge in [0.1, 0.15) is 0 Å². The molecule has 2 aliphatic heterocycles. The Balaban J connectivity index is 1.60. The number of piperidine rings is 2. The number of anilines is 1. The molecule has 2 aliphatic rings. The number of nitrogens with zero attached hydrogens (tertiary/aromatic N) is 4. The van der Waals surface area contributed by atoms with Gasteiger partial charge >= 0.3 is 0 Å². The molecule has 138 valence electrons. The second-order valence-corrected chi connectivity index (χ2v) is 7.11. The van der Waals surface area contributed by atoms with Gasteiger partial charge in [-0.2, -0.15) is 4.98 Å². The summed E-state index contributed by atoms with van der Waals surface area (Å²) in [7, 11) is 1.60. The highest BCUT2D eigenvalue weighted by molar-refractivity contribution is 5.79. The minimum absolute atomic E-state index is 0.0845. The van der Waals surface area contributed by atoms with Crippen LogP contribution in [0.2, 0.25) is 0 Å². The summed E-state index contributed by atoms with van der Waals surface area (Å²) in [5, 5.41) is 0. The van der Waals surface area contributed by atoms with E-state index in [4.69, 9.17) is 10.5 Å². The Labute approximate surface area is 149 Å². The molecule has 7 nitrogen and oxygen atoms in total. The van der Waals surface area contributed by atoms with Crippen LogP contribution in [0.1, 0.15) is 32.6 Å². The van der Waals surface area contributed by atoms with Gasteiger partial charge in [-0.15, -0.1) is 0 Å². The highest BCUT2D eigenvalue weighted by atomic mass is 16.5. The zero-order chi connectivity index (χ0) is 17.8. The minimum atomic E-state index is 0.0845. The summed E-state index contributed by atoms with van der Waals surface area (Å²) in [6, 6.07) is 1.94. The van der Waals surface area contributed by atoms with Crippen molar-refractivity contribution in [2.24, 2.45) is 17.6 Å². The van der Waals surface area contributed by atoms with Crippen LogP contribution in [0, 0.1) is 11.8 Å². The molecule has 0 aromatic carbocycles. The fourth-order valence-corrected chi connectivity index (χ4v) is 4.04. The van der Waals surface area contributed by atoms with E-state index in [1.165, 1.54) is 0 Å². The molecule has 1 aromatic rings. The quantitative estimate of drug-likeness (QED) is 0.883. The fourth-order valence-electron chi connectivity index (χ4n) is 4.04. The first kappa shape index (κ1) is 17.9. The van der Waals surface area contributed by atoms with Crippen molar-refractivity contribution >= 4 is 11.9 Å². The van der Waals surface area contributed by atoms with Crippen molar-refractivity contribution in [2.75, 3.05) is 38.2 Å². The van der Waals surface area contributed by atoms with E-state index >= 15 is 0 Å². The molecule has 3 heterocycles. The van der Waals surface area contributed by atoms with E-state index in [-0.39, 0.29) is 17.9 Å². The number of hydrogen-bond donors (Lipinski definition) is 1. The van der Waals surface area contributed by atoms with Crippen LogP contribution < -0.4 is 15.4 Å². The van der Waals surface area contributed by atoms with Crippen LogP contribution in [0.4, 0.5) is 5.95 Å². The second kappa shape index (κ2) is 7.99. The third-order valence-corrected chi connectivity index (χ3v) is 5.59. The van der Waals surface area contributed by atoms with Crippen LogP contribution in [0.25, 0.3) is 0 Å². The van der Waals surface area contributed by atoms with Crippen LogP contribution in [-0.4, -0.2) is 60.1 Å². The smallest absolute Gasteiger partial charge is 0.228 e. The molecule has 0 spiro atoms. The number of ether oxygens (including phenoxy) is 1. The lowest BCUT2D eigenvalue weighted by Gasteiger charge is -2.42. The zero-order valence-corrected chi connectivity index (χ0v) is 15.2. The molecule has 0 unspecified atom stereocenters. The summed E-state index contributed by atoms with van der Waals surface area (Å²) in [4.78, 5) is 25.9. The van der Waals surface area contributed by atoms with Crippen LogP contribution in [0.15, 0.2) is 12.3 Å². The van der Waals surface area contributed by atoms with Gasteiger partial charge < -0.3 is 20.3 Å². The molecule has 1 aromatic heterocycles. The molecule has 1 amide bonds. The van der Waals surface area contributed by atoms with Crippen molar-refractivity contribution in [1.29, 1.82) is 0 Å². The molecule has 0 saturated carbocycles. The summed E-state index contributed by atoms with van der Waals surface area (Å²) in [5.74, 6) is 2.11. The third kappa shape index (κ3) is 3.86. The van der Waals surface area contributed by atoms with E-state index in [1.807, 2.05) is 0 Å². The first-order valence-corrected chi connectivity index (χ1v) is 9.26. The van der Waals surface area contributed by atoms with Gasteiger partial charge in [0.2, 0.25) is 17.7 Å². The highest BCUT2D eigenvalue weighted by Crippen LogP contribution is 2.28. The standard InChI is InChI=1S/C18H29N5O2/c1-13-4-3-9-23(15(13)12-19)17(24)14-6-10-22(11-7-14)18-20-8-5-16(21-18)25-2/h5,8,13-15H,3-4,6-7,9-12,19H2,1-2H3/t13-,15+/m1/s1. The van der Waals surface area contributed by atoms with Crippen molar-refractivity contribution in [2.45, 2.75) is 38.6 Å². The highest BCUT2D eigenvalue weighted by Gasteiger charge is 2.35. The van der Waals surface area contributed by atoms with Crippen molar-refractivity contribution in [3.05, 3.63) is 12.3 Å². The van der Waals surface area contributed by atoms with Gasteiger partial charge in [-0.25, -0.2) is 4.98 Å². The predicted molar refractivity (Wildman–Crippen MR) is 96.5 cm³/mol. The van der Waals surface area contributed by atoms with Crippen molar-refractivity contribution in [1.82, 2.24) is 14.9 Å². The number of likely N-dealkylation sites (tertiary alicyclic amines) is 1. The monoisotopic (exact) mass is 347 g/mol. The maximum absolute atomic E-state index is 13.0. The summed E-state index contributed by atoms with van der Waals surface area (Å²) in [6.07, 6.45) is 5.62. The van der Waals surface area contributed by atoms with E-state index in [9.17, 15) is 4.79 Å². The van der Waals surface area contributed by atoms with E-state index < -0.39 is 0 Å². The van der Waals surface area contributed by atoms with Crippen molar-refractivity contribution < 1.29 is 9.53 Å². The Morgan fingerprint density at radius 3 is 2.76 bits per heavy atom. The maximum Gasteiger partial charge on any atom is 0.228 e. The number of rotatable bonds is 4. The van der Waals surface area contributed by atoms with Gasteiger partial charge in [0, 0.05) is 50.4 Å². The Kier molecular flexibility index (Phi) is 5.73. The molecule has 0 radical (unpaired) electrons. The topological polar surface area (TPSA) is 84.6 Å². The molecule has 2 atom stereocenters. The molecule has 2 fully saturated rings. The lowest BCUT2D eigenvalue weighted by molar-refractivity contribution is -0.141. The van der Waals surface area contributed by atoms with Crippen molar-refractivity contribution in [3.8, 4) is 5.88 Å². The van der Waals surface area contributed by atoms with E-state index in [0.29, 0.717) is 24.3 Å². The Morgan fingerprint density at radius 1 is 1.32 bits per heavy atom. The molecule has 0 aliphatic carbocycles. The lowest BCUT2D eigenvalue weighted by Crippen LogP contribution is -2.54. The largest absolute Gasteiger partial charge is 0.481 e. The van der Waals surface area contributed by atoms with Gasteiger partial charge in [-0.05, 0) is 31.6 Å². The predicted octanol–water partition coefficient (Wildman–Crippen LogP) is 1.29. The summed E-state index contributed by atoms with van der Waals surface area (Å²) < 4.78 is 5.17. The van der Waals surface area contributed by atoms with Gasteiger partial charge in [0.05, 0.1) is 7.11 Å². The summed E-state index contributed by atoms with van der Waals surface area (Å²) in [6.45, 7) is 5.20. The number of aromatic nitrogens is 2. The Bertz CT molecular complexity index is 589. The maximum atomic E-state index is 13.0. The number of carbonyl (C=O) groups excluding carboxylic acids is 1. The lowest BCUT2D eigenvalue weighted by atomic mass is 9.88. The fraction of sp³-hybridized carbons (Fsp3) is 0.722. The number of methoxy groups -OCH3 is 1. The van der Waals surface area contributed by atoms with E-state index in [0.717, 1.165) is 45.3 Å². The van der Waals surface area contributed by atoms with Crippen molar-refractivity contribution in [3.63, 3.8) is 0 Å². The van der Waals surface area contributed by atoms with Crippen LogP contribution in [-0.2, 0) is 4.79 Å². The summed E-state index contributed by atoms with van der Waals surface area (Å²) in [5.41, 5.74) is 5.95. The average Bonchev–Trinajstić information content (AvgIpc) is 2.67. The third-order valence-electron chi connectivity index (χ3n) is 5.59. The average molecular weight is 347 g/mol. The van der Waals surface area contributed by atoms with Gasteiger partial charge in [-0.3, -0.25) is 4.79 Å². The molecule has 2 N–H and O–H groups in total. The Morgan fingerprint density at radius 2 is 2.08 bits per heavy atom. The summed E-state index contributed by atoms with van der Waals surface area (Å²) >= 11 is 0. The molecule has 2 saturated heterocycles. The molecule has 25 heavy (non-hydrogen) atoms. The SMILES string of the molecule is COc1ccnc(N2CCC(C(=O)N3CCC[C@@H](C)[C@@H]3CN)CC2)n1. The van der Waals surface area contributed by atoms with Crippen LogP contribution in [0.3, 0.4) is 0 Å². The van der Waals surface area contributed by atoms with Gasteiger partial charge in [-0.1, -0.05) is 6.92 Å². The van der Waals surface area contributed by atoms with Crippen LogP contribution in [0.5, 0.6) is 5.88 Å². The van der Waals surface area contributed by atoms with Gasteiger partial charge in [0.25, 0.3) is 0 Å². The molecular weight excluding hydrogens is 318 g/mol. The molecule has 0 bridgehead atoms.